The lowest BCUT2D eigenvalue weighted by Crippen LogP contribution is -2.12. The predicted octanol–water partition coefficient (Wildman–Crippen LogP) is 3.04. The molecule has 3 aromatic rings. The minimum atomic E-state index is -1.15. The standard InChI is InChI=1S/C19H26N6OS/c1-3-4-8-15-24-16-17(14(2)13-23-18(16)20)25(15)11-5-6-12-27(26)19-21-9-7-10-22-19/h7,9-10,13H,3-6,8,11-12H2,1-2H3,(H2,20,23). The highest BCUT2D eigenvalue weighted by molar-refractivity contribution is 7.91. The maximum Gasteiger partial charge on any atom is 0.342 e. The maximum absolute atomic E-state index is 12.3. The third kappa shape index (κ3) is 4.56. The molecule has 8 heteroatoms. The van der Waals surface area contributed by atoms with Crippen LogP contribution in [0.25, 0.3) is 11.0 Å². The van der Waals surface area contributed by atoms with E-state index in [4.69, 9.17) is 10.7 Å². The maximum atomic E-state index is 12.3. The van der Waals surface area contributed by atoms with Crippen LogP contribution in [0, 0.1) is 6.92 Å². The topological polar surface area (TPSA) is 106 Å². The van der Waals surface area contributed by atoms with Crippen molar-refractivity contribution in [3.05, 3.63) is 36.0 Å². The number of anilines is 1. The Balaban J connectivity index is 1.70. The second-order valence-corrected chi connectivity index (χ2v) is 8.06. The summed E-state index contributed by atoms with van der Waals surface area (Å²) in [4.78, 5) is 17.2. The van der Waals surface area contributed by atoms with Crippen LogP contribution in [0.2, 0.25) is 0 Å². The summed E-state index contributed by atoms with van der Waals surface area (Å²) in [6, 6.07) is 1.73. The molecule has 3 rings (SSSR count). The van der Waals surface area contributed by atoms with Crippen LogP contribution >= 0.6 is 0 Å². The van der Waals surface area contributed by atoms with Crippen LogP contribution in [0.15, 0.2) is 29.8 Å². The van der Waals surface area contributed by atoms with Crippen LogP contribution in [-0.4, -0.2) is 34.8 Å². The van der Waals surface area contributed by atoms with Gasteiger partial charge in [-0.1, -0.05) is 13.3 Å². The van der Waals surface area contributed by atoms with Gasteiger partial charge in [0.2, 0.25) is 0 Å². The van der Waals surface area contributed by atoms with Gasteiger partial charge in [0, 0.05) is 42.7 Å². The zero-order chi connectivity index (χ0) is 19.2. The van der Waals surface area contributed by atoms with Crippen molar-refractivity contribution in [2.45, 2.75) is 57.7 Å². The van der Waals surface area contributed by atoms with E-state index in [0.29, 0.717) is 16.7 Å². The summed E-state index contributed by atoms with van der Waals surface area (Å²) < 4.78 is 14.5. The molecule has 0 aliphatic carbocycles. The summed E-state index contributed by atoms with van der Waals surface area (Å²) in [5, 5.41) is 0.406. The Hall–Kier alpha value is -2.19. The van der Waals surface area contributed by atoms with E-state index in [1.54, 1.807) is 24.7 Å². The SMILES string of the molecule is CCCCc1nc2c(N)ncc(C)c2n1CCCC[S+]([O-])c1ncccn1. The highest BCUT2D eigenvalue weighted by Gasteiger charge is 2.17. The number of hydrogen-bond donors (Lipinski definition) is 1. The van der Waals surface area contributed by atoms with Crippen molar-refractivity contribution in [1.29, 1.82) is 0 Å². The largest absolute Gasteiger partial charge is 0.609 e. The van der Waals surface area contributed by atoms with Crippen molar-refractivity contribution in [1.82, 2.24) is 24.5 Å². The van der Waals surface area contributed by atoms with Crippen molar-refractivity contribution < 1.29 is 4.55 Å². The molecule has 0 aliphatic rings. The summed E-state index contributed by atoms with van der Waals surface area (Å²) in [6.07, 6.45) is 9.92. The lowest BCUT2D eigenvalue weighted by Gasteiger charge is -2.11. The summed E-state index contributed by atoms with van der Waals surface area (Å²) in [5.41, 5.74) is 9.00. The van der Waals surface area contributed by atoms with Crippen LogP contribution in [-0.2, 0) is 24.1 Å². The van der Waals surface area contributed by atoms with Gasteiger partial charge in [-0.2, -0.15) is 9.97 Å². The van der Waals surface area contributed by atoms with Crippen molar-refractivity contribution in [2.75, 3.05) is 11.5 Å². The molecule has 7 nitrogen and oxygen atoms in total. The summed E-state index contributed by atoms with van der Waals surface area (Å²) >= 11 is -1.15. The highest BCUT2D eigenvalue weighted by Crippen LogP contribution is 2.25. The van der Waals surface area contributed by atoms with Gasteiger partial charge in [-0.05, 0) is 37.8 Å². The van der Waals surface area contributed by atoms with E-state index in [1.807, 2.05) is 6.92 Å². The number of fused-ring (bicyclic) bond motifs is 1. The van der Waals surface area contributed by atoms with E-state index in [-0.39, 0.29) is 0 Å². The number of imidazole rings is 1. The Labute approximate surface area is 162 Å². The first-order valence-electron chi connectivity index (χ1n) is 9.37. The molecule has 1 atom stereocenters. The molecular weight excluding hydrogens is 360 g/mol. The number of nitrogens with two attached hydrogens (primary N) is 1. The molecule has 3 aromatic heterocycles. The van der Waals surface area contributed by atoms with Crippen LogP contribution in [0.4, 0.5) is 5.82 Å². The number of aromatic nitrogens is 5. The molecular formula is C19H26N6OS. The first-order valence-corrected chi connectivity index (χ1v) is 10.7. The molecule has 0 saturated carbocycles. The van der Waals surface area contributed by atoms with Crippen molar-refractivity contribution in [3.8, 4) is 0 Å². The average Bonchev–Trinajstić information content (AvgIpc) is 3.06. The molecule has 2 N–H and O–H groups in total. The number of pyridine rings is 1. The molecule has 144 valence electrons. The predicted molar refractivity (Wildman–Crippen MR) is 108 cm³/mol. The van der Waals surface area contributed by atoms with Gasteiger partial charge in [0.05, 0.1) is 5.52 Å². The van der Waals surface area contributed by atoms with Crippen LogP contribution in [0.3, 0.4) is 0 Å². The van der Waals surface area contributed by atoms with Gasteiger partial charge in [0.15, 0.2) is 5.82 Å². The zero-order valence-corrected chi connectivity index (χ0v) is 16.7. The summed E-state index contributed by atoms with van der Waals surface area (Å²) in [7, 11) is 0. The van der Waals surface area contributed by atoms with Gasteiger partial charge in [-0.15, -0.1) is 0 Å². The smallest absolute Gasteiger partial charge is 0.342 e. The van der Waals surface area contributed by atoms with Gasteiger partial charge in [0.25, 0.3) is 0 Å². The van der Waals surface area contributed by atoms with Gasteiger partial charge in [-0.25, -0.2) is 9.97 Å². The number of aryl methyl sites for hydroxylation is 3. The Bertz CT molecular complexity index is 883. The number of nitrogen functional groups attached to an aromatic ring is 1. The number of hydrogen-bond acceptors (Lipinski definition) is 6. The first-order chi connectivity index (χ1) is 13.1. The fourth-order valence-corrected chi connectivity index (χ4v) is 4.14. The van der Waals surface area contributed by atoms with Gasteiger partial charge < -0.3 is 14.9 Å². The Morgan fingerprint density at radius 1 is 1.15 bits per heavy atom. The molecule has 1 unspecified atom stereocenters. The second kappa shape index (κ2) is 9.14. The normalized spacial score (nSPS) is 12.6. The summed E-state index contributed by atoms with van der Waals surface area (Å²) in [6.45, 7) is 5.04. The quantitative estimate of drug-likeness (QED) is 0.344. The molecule has 0 aromatic carbocycles. The van der Waals surface area contributed by atoms with Gasteiger partial charge in [-0.3, -0.25) is 0 Å². The van der Waals surface area contributed by atoms with E-state index >= 15 is 0 Å². The second-order valence-electron chi connectivity index (χ2n) is 6.60. The highest BCUT2D eigenvalue weighted by atomic mass is 32.2. The van der Waals surface area contributed by atoms with Crippen LogP contribution < -0.4 is 5.73 Å². The molecule has 0 spiro atoms. The van der Waals surface area contributed by atoms with Crippen molar-refractivity contribution in [2.24, 2.45) is 0 Å². The third-order valence-electron chi connectivity index (χ3n) is 4.52. The molecule has 0 bridgehead atoms. The van der Waals surface area contributed by atoms with E-state index < -0.39 is 11.2 Å². The molecule has 0 saturated heterocycles. The Kier molecular flexibility index (Phi) is 6.63. The van der Waals surface area contributed by atoms with Crippen LogP contribution in [0.5, 0.6) is 0 Å². The van der Waals surface area contributed by atoms with Crippen molar-refractivity contribution >= 4 is 28.0 Å². The number of unbranched alkanes of at least 4 members (excludes halogenated alkanes) is 2. The molecule has 0 radical (unpaired) electrons. The van der Waals surface area contributed by atoms with E-state index in [0.717, 1.165) is 61.1 Å². The number of nitrogens with zero attached hydrogens (tertiary/aromatic N) is 5. The fourth-order valence-electron chi connectivity index (χ4n) is 3.13. The fraction of sp³-hybridized carbons (Fsp3) is 0.474. The Morgan fingerprint density at radius 2 is 1.93 bits per heavy atom. The monoisotopic (exact) mass is 386 g/mol. The van der Waals surface area contributed by atoms with Gasteiger partial charge in [0.1, 0.15) is 17.1 Å². The lowest BCUT2D eigenvalue weighted by atomic mass is 10.2. The average molecular weight is 387 g/mol. The molecule has 27 heavy (non-hydrogen) atoms. The minimum Gasteiger partial charge on any atom is -0.609 e. The lowest BCUT2D eigenvalue weighted by molar-refractivity contribution is 0.570. The molecule has 0 aliphatic heterocycles. The molecule has 0 fully saturated rings. The van der Waals surface area contributed by atoms with Crippen LogP contribution in [0.1, 0.15) is 44.0 Å². The molecule has 0 amide bonds. The van der Waals surface area contributed by atoms with Gasteiger partial charge >= 0.3 is 5.16 Å². The minimum absolute atomic E-state index is 0.406. The zero-order valence-electron chi connectivity index (χ0n) is 15.9. The Morgan fingerprint density at radius 3 is 2.67 bits per heavy atom. The summed E-state index contributed by atoms with van der Waals surface area (Å²) in [5.74, 6) is 2.10. The molecule has 3 heterocycles. The van der Waals surface area contributed by atoms with E-state index in [1.165, 1.54) is 0 Å². The van der Waals surface area contributed by atoms with Crippen molar-refractivity contribution in [3.63, 3.8) is 0 Å². The van der Waals surface area contributed by atoms with E-state index in [2.05, 4.69) is 26.4 Å². The first kappa shape index (κ1) is 19.6. The number of rotatable bonds is 9. The third-order valence-corrected chi connectivity index (χ3v) is 5.80. The van der Waals surface area contributed by atoms with E-state index in [9.17, 15) is 4.55 Å².